The number of anilines is 1. The van der Waals surface area contributed by atoms with Gasteiger partial charge < -0.3 is 15.0 Å². The summed E-state index contributed by atoms with van der Waals surface area (Å²) >= 11 is 1.76. The van der Waals surface area contributed by atoms with Crippen LogP contribution in [-0.4, -0.2) is 37.8 Å². The lowest BCUT2D eigenvalue weighted by molar-refractivity contribution is 0.172. The minimum Gasteiger partial charge on any atom is -0.383 e. The first-order valence-electron chi connectivity index (χ1n) is 6.13. The SMILES string of the molecule is CCN(CC)c1ncc(CNC(C)COC)s1. The van der Waals surface area contributed by atoms with E-state index in [1.54, 1.807) is 18.4 Å². The molecular weight excluding hydrogens is 234 g/mol. The van der Waals surface area contributed by atoms with E-state index < -0.39 is 0 Å². The highest BCUT2D eigenvalue weighted by Crippen LogP contribution is 2.21. The number of nitrogens with one attached hydrogen (secondary N) is 1. The van der Waals surface area contributed by atoms with Crippen LogP contribution in [0.1, 0.15) is 25.6 Å². The Balaban J connectivity index is 2.45. The van der Waals surface area contributed by atoms with Crippen molar-refractivity contribution in [3.8, 4) is 0 Å². The van der Waals surface area contributed by atoms with Crippen molar-refractivity contribution in [3.63, 3.8) is 0 Å². The molecule has 0 fully saturated rings. The first-order valence-corrected chi connectivity index (χ1v) is 6.94. The van der Waals surface area contributed by atoms with Gasteiger partial charge in [0.2, 0.25) is 0 Å². The molecule has 17 heavy (non-hydrogen) atoms. The number of methoxy groups -OCH3 is 1. The van der Waals surface area contributed by atoms with E-state index >= 15 is 0 Å². The molecule has 4 nitrogen and oxygen atoms in total. The van der Waals surface area contributed by atoms with Crippen LogP contribution >= 0.6 is 11.3 Å². The summed E-state index contributed by atoms with van der Waals surface area (Å²) in [6.07, 6.45) is 1.96. The molecule has 5 heteroatoms. The maximum absolute atomic E-state index is 5.09. The molecule has 0 radical (unpaired) electrons. The molecule has 0 aromatic carbocycles. The fourth-order valence-electron chi connectivity index (χ4n) is 1.60. The van der Waals surface area contributed by atoms with Crippen molar-refractivity contribution >= 4 is 16.5 Å². The number of nitrogens with zero attached hydrogens (tertiary/aromatic N) is 2. The van der Waals surface area contributed by atoms with Crippen molar-refractivity contribution in [1.29, 1.82) is 0 Å². The predicted molar refractivity (Wildman–Crippen MR) is 73.9 cm³/mol. The van der Waals surface area contributed by atoms with Gasteiger partial charge in [-0.1, -0.05) is 0 Å². The Bertz CT molecular complexity index is 312. The van der Waals surface area contributed by atoms with Crippen LogP contribution < -0.4 is 10.2 Å². The summed E-state index contributed by atoms with van der Waals surface area (Å²) in [6.45, 7) is 10.1. The molecule has 1 N–H and O–H groups in total. The van der Waals surface area contributed by atoms with Crippen LogP contribution in [0.5, 0.6) is 0 Å². The molecule has 0 amide bonds. The van der Waals surface area contributed by atoms with Gasteiger partial charge in [0.1, 0.15) is 0 Å². The summed E-state index contributed by atoms with van der Waals surface area (Å²) in [7, 11) is 1.73. The minimum atomic E-state index is 0.374. The van der Waals surface area contributed by atoms with Crippen LogP contribution in [0.4, 0.5) is 5.13 Å². The van der Waals surface area contributed by atoms with E-state index in [4.69, 9.17) is 4.74 Å². The number of ether oxygens (including phenoxy) is 1. The first kappa shape index (κ1) is 14.4. The van der Waals surface area contributed by atoms with E-state index in [-0.39, 0.29) is 0 Å². The van der Waals surface area contributed by atoms with E-state index in [0.717, 1.165) is 31.4 Å². The fourth-order valence-corrected chi connectivity index (χ4v) is 2.59. The fraction of sp³-hybridized carbons (Fsp3) is 0.750. The van der Waals surface area contributed by atoms with Crippen LogP contribution in [0.3, 0.4) is 0 Å². The quantitative estimate of drug-likeness (QED) is 0.774. The highest BCUT2D eigenvalue weighted by atomic mass is 32.1. The molecule has 1 aromatic heterocycles. The monoisotopic (exact) mass is 257 g/mol. The summed E-state index contributed by atoms with van der Waals surface area (Å²) in [4.78, 5) is 8.00. The van der Waals surface area contributed by atoms with Gasteiger partial charge in [0.05, 0.1) is 6.61 Å². The van der Waals surface area contributed by atoms with Crippen LogP contribution in [0.15, 0.2) is 6.20 Å². The zero-order valence-corrected chi connectivity index (χ0v) is 12.0. The highest BCUT2D eigenvalue weighted by Gasteiger charge is 2.08. The molecular formula is C12H23N3OS. The average Bonchev–Trinajstić information content (AvgIpc) is 2.77. The number of aromatic nitrogens is 1. The van der Waals surface area contributed by atoms with E-state index in [1.165, 1.54) is 4.88 Å². The van der Waals surface area contributed by atoms with E-state index in [9.17, 15) is 0 Å². The summed E-state index contributed by atoms with van der Waals surface area (Å²) in [5, 5.41) is 4.53. The van der Waals surface area contributed by atoms with Crippen molar-refractivity contribution in [3.05, 3.63) is 11.1 Å². The van der Waals surface area contributed by atoms with Gasteiger partial charge in [-0.15, -0.1) is 11.3 Å². The lowest BCUT2D eigenvalue weighted by Crippen LogP contribution is -2.29. The molecule has 1 rings (SSSR count). The van der Waals surface area contributed by atoms with E-state index in [2.05, 4.69) is 36.0 Å². The molecule has 0 aliphatic heterocycles. The maximum Gasteiger partial charge on any atom is 0.185 e. The summed E-state index contributed by atoms with van der Waals surface area (Å²) in [6, 6.07) is 0.374. The Labute approximate surface area is 108 Å². The molecule has 1 atom stereocenters. The van der Waals surface area contributed by atoms with Crippen molar-refractivity contribution in [2.24, 2.45) is 0 Å². The second-order valence-corrected chi connectivity index (χ2v) is 5.11. The second kappa shape index (κ2) is 7.63. The summed E-state index contributed by atoms with van der Waals surface area (Å²) in [5.74, 6) is 0. The lowest BCUT2D eigenvalue weighted by Gasteiger charge is -2.16. The van der Waals surface area contributed by atoms with Gasteiger partial charge in [-0.25, -0.2) is 4.98 Å². The van der Waals surface area contributed by atoms with Crippen LogP contribution in [0, 0.1) is 0 Å². The Morgan fingerprint density at radius 1 is 1.47 bits per heavy atom. The van der Waals surface area contributed by atoms with Crippen LogP contribution in [0.2, 0.25) is 0 Å². The molecule has 1 unspecified atom stereocenters. The molecule has 0 spiro atoms. The smallest absolute Gasteiger partial charge is 0.185 e. The first-order chi connectivity index (χ1) is 8.21. The molecule has 0 aliphatic rings. The van der Waals surface area contributed by atoms with Crippen LogP contribution in [-0.2, 0) is 11.3 Å². The van der Waals surface area contributed by atoms with E-state index in [0.29, 0.717) is 6.04 Å². The number of hydrogen-bond donors (Lipinski definition) is 1. The number of hydrogen-bond acceptors (Lipinski definition) is 5. The highest BCUT2D eigenvalue weighted by molar-refractivity contribution is 7.15. The lowest BCUT2D eigenvalue weighted by atomic mass is 10.3. The molecule has 0 saturated carbocycles. The molecule has 0 aliphatic carbocycles. The number of rotatable bonds is 8. The molecule has 0 bridgehead atoms. The Hall–Kier alpha value is -0.650. The van der Waals surface area contributed by atoms with Crippen LogP contribution in [0.25, 0.3) is 0 Å². The predicted octanol–water partition coefficient (Wildman–Crippen LogP) is 2.11. The zero-order valence-electron chi connectivity index (χ0n) is 11.2. The molecule has 0 saturated heterocycles. The maximum atomic E-state index is 5.09. The van der Waals surface area contributed by atoms with Gasteiger partial charge in [-0.3, -0.25) is 0 Å². The average molecular weight is 257 g/mol. The summed E-state index contributed by atoms with van der Waals surface area (Å²) < 4.78 is 5.09. The van der Waals surface area contributed by atoms with E-state index in [1.807, 2.05) is 6.20 Å². The van der Waals surface area contributed by atoms with Gasteiger partial charge in [0.15, 0.2) is 5.13 Å². The van der Waals surface area contributed by atoms with Crippen molar-refractivity contribution in [2.75, 3.05) is 31.7 Å². The minimum absolute atomic E-state index is 0.374. The van der Waals surface area contributed by atoms with Crippen molar-refractivity contribution < 1.29 is 4.74 Å². The molecule has 1 aromatic rings. The topological polar surface area (TPSA) is 37.4 Å². The Morgan fingerprint density at radius 3 is 2.76 bits per heavy atom. The standard InChI is InChI=1S/C12H23N3OS/c1-5-15(6-2)12-14-8-11(17-12)7-13-10(3)9-16-4/h8,10,13H,5-7,9H2,1-4H3. The third-order valence-corrected chi connectivity index (χ3v) is 3.67. The van der Waals surface area contributed by atoms with Gasteiger partial charge >= 0.3 is 0 Å². The third kappa shape index (κ3) is 4.61. The second-order valence-electron chi connectivity index (χ2n) is 4.02. The normalized spacial score (nSPS) is 12.7. The summed E-state index contributed by atoms with van der Waals surface area (Å²) in [5.41, 5.74) is 0. The number of thiazole rings is 1. The Morgan fingerprint density at radius 2 is 2.18 bits per heavy atom. The van der Waals surface area contributed by atoms with Gasteiger partial charge in [0, 0.05) is 43.9 Å². The van der Waals surface area contributed by atoms with Gasteiger partial charge in [-0.05, 0) is 20.8 Å². The van der Waals surface area contributed by atoms with Crippen molar-refractivity contribution in [1.82, 2.24) is 10.3 Å². The zero-order chi connectivity index (χ0) is 12.7. The largest absolute Gasteiger partial charge is 0.383 e. The molecule has 1 heterocycles. The Kier molecular flexibility index (Phi) is 6.47. The molecule has 98 valence electrons. The third-order valence-electron chi connectivity index (χ3n) is 2.62. The van der Waals surface area contributed by atoms with Gasteiger partial charge in [-0.2, -0.15) is 0 Å². The van der Waals surface area contributed by atoms with Crippen molar-refractivity contribution in [2.45, 2.75) is 33.4 Å². The van der Waals surface area contributed by atoms with Gasteiger partial charge in [0.25, 0.3) is 0 Å².